The molecule has 1 heterocycles. The Balaban J connectivity index is 1.40. The highest BCUT2D eigenvalue weighted by Crippen LogP contribution is 2.13. The van der Waals surface area contributed by atoms with Gasteiger partial charge in [0.05, 0.1) is 22.3 Å². The van der Waals surface area contributed by atoms with Crippen LogP contribution in [0.4, 0.5) is 0 Å². The maximum Gasteiger partial charge on any atom is 0.178 e. The van der Waals surface area contributed by atoms with Gasteiger partial charge in [0.15, 0.2) is 9.84 Å². The van der Waals surface area contributed by atoms with Crippen LogP contribution in [0.3, 0.4) is 0 Å². The van der Waals surface area contributed by atoms with Gasteiger partial charge in [-0.2, -0.15) is 5.26 Å². The Morgan fingerprint density at radius 1 is 0.889 bits per heavy atom. The second-order valence-corrected chi connectivity index (χ2v) is 9.02. The average Bonchev–Trinajstić information content (AvgIpc) is 2.70. The first kappa shape index (κ1) is 19.6. The summed E-state index contributed by atoms with van der Waals surface area (Å²) in [6, 6.07) is 18.6. The van der Waals surface area contributed by atoms with Crippen molar-refractivity contribution in [1.82, 2.24) is 9.80 Å². The molecule has 5 nitrogen and oxygen atoms in total. The van der Waals surface area contributed by atoms with Crippen molar-refractivity contribution >= 4 is 9.84 Å². The van der Waals surface area contributed by atoms with Crippen LogP contribution in [0.5, 0.6) is 0 Å². The summed E-state index contributed by atoms with van der Waals surface area (Å²) in [6.45, 7) is 5.58. The van der Waals surface area contributed by atoms with Crippen LogP contribution < -0.4 is 0 Å². The Bertz CT molecular complexity index is 866. The summed E-state index contributed by atoms with van der Waals surface area (Å²) >= 11 is 0. The number of nitriles is 1. The molecule has 6 heteroatoms. The number of piperazine rings is 1. The van der Waals surface area contributed by atoms with Crippen LogP contribution in [0.1, 0.15) is 17.5 Å². The fraction of sp³-hybridized carbons (Fsp3) is 0.381. The molecular formula is C21H25N3O2S. The summed E-state index contributed by atoms with van der Waals surface area (Å²) in [6.07, 6.45) is 0.660. The molecule has 1 fully saturated rings. The van der Waals surface area contributed by atoms with E-state index in [4.69, 9.17) is 5.26 Å². The smallest absolute Gasteiger partial charge is 0.178 e. The van der Waals surface area contributed by atoms with Crippen LogP contribution in [0.15, 0.2) is 59.5 Å². The van der Waals surface area contributed by atoms with Crippen molar-refractivity contribution in [3.63, 3.8) is 0 Å². The molecule has 0 radical (unpaired) electrons. The molecule has 27 heavy (non-hydrogen) atoms. The maximum absolute atomic E-state index is 12.3. The molecule has 1 aliphatic rings. The lowest BCUT2D eigenvalue weighted by atomic mass is 10.1. The van der Waals surface area contributed by atoms with Crippen LogP contribution in [0, 0.1) is 11.3 Å². The number of benzene rings is 2. The van der Waals surface area contributed by atoms with Gasteiger partial charge in [-0.1, -0.05) is 30.3 Å². The number of hydrogen-bond acceptors (Lipinski definition) is 5. The SMILES string of the molecule is N#Cc1ccc(CN2CCN(CCCS(=O)(=O)c3ccccc3)CC2)cc1. The summed E-state index contributed by atoms with van der Waals surface area (Å²) in [5, 5.41) is 8.86. The molecule has 0 saturated carbocycles. The summed E-state index contributed by atoms with van der Waals surface area (Å²) in [5.41, 5.74) is 1.91. The van der Waals surface area contributed by atoms with E-state index in [-0.39, 0.29) is 5.75 Å². The van der Waals surface area contributed by atoms with Crippen molar-refractivity contribution in [2.75, 3.05) is 38.5 Å². The van der Waals surface area contributed by atoms with E-state index >= 15 is 0 Å². The number of hydrogen-bond donors (Lipinski definition) is 0. The normalized spacial score (nSPS) is 16.1. The van der Waals surface area contributed by atoms with Gasteiger partial charge in [0, 0.05) is 32.7 Å². The summed E-state index contributed by atoms with van der Waals surface area (Å²) < 4.78 is 24.7. The summed E-state index contributed by atoms with van der Waals surface area (Å²) in [7, 11) is -3.18. The minimum atomic E-state index is -3.18. The fourth-order valence-corrected chi connectivity index (χ4v) is 4.65. The van der Waals surface area contributed by atoms with Crippen molar-refractivity contribution in [3.05, 3.63) is 65.7 Å². The quantitative estimate of drug-likeness (QED) is 0.735. The van der Waals surface area contributed by atoms with E-state index in [0.29, 0.717) is 16.9 Å². The van der Waals surface area contributed by atoms with E-state index in [9.17, 15) is 8.42 Å². The second-order valence-electron chi connectivity index (χ2n) is 6.91. The van der Waals surface area contributed by atoms with Crippen molar-refractivity contribution in [2.45, 2.75) is 17.9 Å². The highest BCUT2D eigenvalue weighted by molar-refractivity contribution is 7.91. The van der Waals surface area contributed by atoms with Gasteiger partial charge in [0.1, 0.15) is 0 Å². The lowest BCUT2D eigenvalue weighted by molar-refractivity contribution is 0.127. The first-order valence-corrected chi connectivity index (χ1v) is 10.9. The lowest BCUT2D eigenvalue weighted by Crippen LogP contribution is -2.46. The Morgan fingerprint density at radius 3 is 2.15 bits per heavy atom. The molecular weight excluding hydrogens is 358 g/mol. The van der Waals surface area contributed by atoms with E-state index in [0.717, 1.165) is 39.3 Å². The van der Waals surface area contributed by atoms with Gasteiger partial charge in [-0.15, -0.1) is 0 Å². The van der Waals surface area contributed by atoms with Gasteiger partial charge in [-0.3, -0.25) is 4.90 Å². The Morgan fingerprint density at radius 2 is 1.52 bits per heavy atom. The standard InChI is InChI=1S/C21H25N3O2S/c22-17-19-7-9-20(10-8-19)18-24-14-12-23(13-15-24)11-4-16-27(25,26)21-5-2-1-3-6-21/h1-3,5-10H,4,11-16,18H2. The van der Waals surface area contributed by atoms with Crippen LogP contribution in [-0.2, 0) is 16.4 Å². The fourth-order valence-electron chi connectivity index (χ4n) is 3.34. The minimum absolute atomic E-state index is 0.197. The summed E-state index contributed by atoms with van der Waals surface area (Å²) in [5.74, 6) is 0.197. The Hall–Kier alpha value is -2.20. The van der Waals surface area contributed by atoms with E-state index in [2.05, 4.69) is 15.9 Å². The third kappa shape index (κ3) is 5.64. The molecule has 1 aliphatic heterocycles. The third-order valence-electron chi connectivity index (χ3n) is 4.94. The zero-order valence-corrected chi connectivity index (χ0v) is 16.2. The molecule has 0 aromatic heterocycles. The second kappa shape index (κ2) is 9.14. The van der Waals surface area contributed by atoms with Crippen LogP contribution >= 0.6 is 0 Å². The van der Waals surface area contributed by atoms with Gasteiger partial charge >= 0.3 is 0 Å². The number of sulfone groups is 1. The molecule has 0 unspecified atom stereocenters. The molecule has 0 aliphatic carbocycles. The van der Waals surface area contributed by atoms with Crippen LogP contribution in [0.2, 0.25) is 0 Å². The Labute approximate surface area is 161 Å². The average molecular weight is 384 g/mol. The van der Waals surface area contributed by atoms with Crippen molar-refractivity contribution in [3.8, 4) is 6.07 Å². The Kier molecular flexibility index (Phi) is 6.62. The maximum atomic E-state index is 12.3. The molecule has 2 aromatic rings. The molecule has 2 aromatic carbocycles. The first-order chi connectivity index (χ1) is 13.1. The minimum Gasteiger partial charge on any atom is -0.301 e. The summed E-state index contributed by atoms with van der Waals surface area (Å²) in [4.78, 5) is 5.16. The largest absolute Gasteiger partial charge is 0.301 e. The van der Waals surface area contributed by atoms with E-state index in [1.807, 2.05) is 30.3 Å². The van der Waals surface area contributed by atoms with E-state index < -0.39 is 9.84 Å². The predicted molar refractivity (Wildman–Crippen MR) is 106 cm³/mol. The zero-order chi connectivity index (χ0) is 19.1. The highest BCUT2D eigenvalue weighted by atomic mass is 32.2. The molecule has 0 N–H and O–H groups in total. The number of nitrogens with zero attached hydrogens (tertiary/aromatic N) is 3. The molecule has 0 spiro atoms. The van der Waals surface area contributed by atoms with E-state index in [1.54, 1.807) is 24.3 Å². The number of rotatable bonds is 7. The van der Waals surface area contributed by atoms with Crippen LogP contribution in [0.25, 0.3) is 0 Å². The molecule has 0 atom stereocenters. The van der Waals surface area contributed by atoms with Gasteiger partial charge in [-0.05, 0) is 42.8 Å². The van der Waals surface area contributed by atoms with Gasteiger partial charge in [0.2, 0.25) is 0 Å². The van der Waals surface area contributed by atoms with E-state index in [1.165, 1.54) is 5.56 Å². The highest BCUT2D eigenvalue weighted by Gasteiger charge is 2.18. The van der Waals surface area contributed by atoms with Crippen molar-refractivity contribution < 1.29 is 8.42 Å². The van der Waals surface area contributed by atoms with Crippen molar-refractivity contribution in [2.24, 2.45) is 0 Å². The van der Waals surface area contributed by atoms with Gasteiger partial charge in [0.25, 0.3) is 0 Å². The molecule has 0 amide bonds. The molecule has 142 valence electrons. The monoisotopic (exact) mass is 383 g/mol. The predicted octanol–water partition coefficient (Wildman–Crippen LogP) is 2.54. The first-order valence-electron chi connectivity index (χ1n) is 9.28. The third-order valence-corrected chi connectivity index (χ3v) is 6.76. The topological polar surface area (TPSA) is 64.4 Å². The lowest BCUT2D eigenvalue weighted by Gasteiger charge is -2.34. The zero-order valence-electron chi connectivity index (χ0n) is 15.4. The van der Waals surface area contributed by atoms with Crippen LogP contribution in [-0.4, -0.2) is 56.7 Å². The van der Waals surface area contributed by atoms with Gasteiger partial charge < -0.3 is 4.90 Å². The molecule has 3 rings (SSSR count). The molecule has 1 saturated heterocycles. The van der Waals surface area contributed by atoms with Crippen molar-refractivity contribution in [1.29, 1.82) is 5.26 Å². The van der Waals surface area contributed by atoms with Gasteiger partial charge in [-0.25, -0.2) is 8.42 Å². The molecule has 0 bridgehead atoms.